The molecule has 0 bridgehead atoms. The van der Waals surface area contributed by atoms with Gasteiger partial charge < -0.3 is 0 Å². The lowest BCUT2D eigenvalue weighted by molar-refractivity contribution is 1.07. The molecule has 1 aromatic carbocycles. The number of pyridine rings is 1. The highest BCUT2D eigenvalue weighted by atomic mass is 127. The van der Waals surface area contributed by atoms with E-state index in [1.54, 1.807) is 0 Å². The van der Waals surface area contributed by atoms with E-state index < -0.39 is 0 Å². The van der Waals surface area contributed by atoms with Crippen LogP contribution in [0, 0.1) is 10.5 Å². The standard InChI is InChI=1S/C12H11ClIN/c1-3-8-7(2)15-12-9(11(8)13)5-4-6-10(12)14/h4-6H,3H2,1-2H3. The summed E-state index contributed by atoms with van der Waals surface area (Å²) >= 11 is 8.67. The first kappa shape index (κ1) is 11.1. The van der Waals surface area contributed by atoms with Gasteiger partial charge in [-0.15, -0.1) is 0 Å². The number of benzene rings is 1. The van der Waals surface area contributed by atoms with Gasteiger partial charge in [-0.3, -0.25) is 4.98 Å². The van der Waals surface area contributed by atoms with Crippen molar-refractivity contribution >= 4 is 45.1 Å². The number of hydrogen-bond acceptors (Lipinski definition) is 1. The zero-order valence-corrected chi connectivity index (χ0v) is 11.6. The molecule has 2 rings (SSSR count). The van der Waals surface area contributed by atoms with E-state index in [0.29, 0.717) is 0 Å². The molecule has 0 radical (unpaired) electrons. The van der Waals surface area contributed by atoms with E-state index in [9.17, 15) is 0 Å². The van der Waals surface area contributed by atoms with Crippen molar-refractivity contribution in [1.29, 1.82) is 0 Å². The maximum absolute atomic E-state index is 6.38. The Hall–Kier alpha value is -0.350. The first-order chi connectivity index (χ1) is 7.15. The predicted molar refractivity (Wildman–Crippen MR) is 73.6 cm³/mol. The number of nitrogens with zero attached hydrogens (tertiary/aromatic N) is 1. The normalized spacial score (nSPS) is 10.9. The van der Waals surface area contributed by atoms with Crippen LogP contribution >= 0.6 is 34.2 Å². The molecular weight excluding hydrogens is 320 g/mol. The van der Waals surface area contributed by atoms with Gasteiger partial charge in [-0.25, -0.2) is 0 Å². The number of rotatable bonds is 1. The summed E-state index contributed by atoms with van der Waals surface area (Å²) in [4.78, 5) is 4.61. The Labute approximate surface area is 108 Å². The SMILES string of the molecule is CCc1c(C)nc2c(I)cccc2c1Cl. The largest absolute Gasteiger partial charge is 0.252 e. The number of fused-ring (bicyclic) bond motifs is 1. The second-order valence-electron chi connectivity index (χ2n) is 3.48. The lowest BCUT2D eigenvalue weighted by Gasteiger charge is -2.09. The van der Waals surface area contributed by atoms with Crippen molar-refractivity contribution in [3.63, 3.8) is 0 Å². The third-order valence-electron chi connectivity index (χ3n) is 2.56. The third kappa shape index (κ3) is 1.85. The molecule has 15 heavy (non-hydrogen) atoms. The molecule has 0 amide bonds. The fourth-order valence-electron chi connectivity index (χ4n) is 1.77. The highest BCUT2D eigenvalue weighted by Gasteiger charge is 2.10. The van der Waals surface area contributed by atoms with Crippen LogP contribution in [-0.4, -0.2) is 4.98 Å². The van der Waals surface area contributed by atoms with Gasteiger partial charge >= 0.3 is 0 Å². The topological polar surface area (TPSA) is 12.9 Å². The Bertz CT molecular complexity index is 523. The number of halogens is 2. The van der Waals surface area contributed by atoms with Gasteiger partial charge in [0.2, 0.25) is 0 Å². The number of aromatic nitrogens is 1. The molecule has 0 N–H and O–H groups in total. The van der Waals surface area contributed by atoms with Crippen molar-refractivity contribution < 1.29 is 0 Å². The van der Waals surface area contributed by atoms with Crippen LogP contribution < -0.4 is 0 Å². The molecule has 0 aliphatic heterocycles. The summed E-state index contributed by atoms with van der Waals surface area (Å²) < 4.78 is 1.15. The fraction of sp³-hybridized carbons (Fsp3) is 0.250. The molecule has 1 nitrogen and oxygen atoms in total. The van der Waals surface area contributed by atoms with Crippen LogP contribution in [0.15, 0.2) is 18.2 Å². The minimum Gasteiger partial charge on any atom is -0.252 e. The molecule has 1 aromatic heterocycles. The Morgan fingerprint density at radius 1 is 1.40 bits per heavy atom. The third-order valence-corrected chi connectivity index (χ3v) is 3.86. The van der Waals surface area contributed by atoms with Crippen LogP contribution in [0.4, 0.5) is 0 Å². The first-order valence-corrected chi connectivity index (χ1v) is 6.34. The molecule has 1 heterocycles. The molecule has 0 saturated carbocycles. The monoisotopic (exact) mass is 331 g/mol. The summed E-state index contributed by atoms with van der Waals surface area (Å²) in [7, 11) is 0. The van der Waals surface area contributed by atoms with Gasteiger partial charge in [0.15, 0.2) is 0 Å². The summed E-state index contributed by atoms with van der Waals surface area (Å²) in [5.41, 5.74) is 3.21. The van der Waals surface area contributed by atoms with Crippen molar-refractivity contribution in [1.82, 2.24) is 4.98 Å². The first-order valence-electron chi connectivity index (χ1n) is 4.88. The molecule has 0 aliphatic rings. The van der Waals surface area contributed by atoms with Gasteiger partial charge in [-0.05, 0) is 47.6 Å². The second kappa shape index (κ2) is 4.26. The van der Waals surface area contributed by atoms with Crippen molar-refractivity contribution in [2.24, 2.45) is 0 Å². The molecule has 0 aliphatic carbocycles. The summed E-state index contributed by atoms with van der Waals surface area (Å²) in [5.74, 6) is 0. The number of aryl methyl sites for hydroxylation is 1. The highest BCUT2D eigenvalue weighted by Crippen LogP contribution is 2.30. The number of hydrogen-bond donors (Lipinski definition) is 0. The van der Waals surface area contributed by atoms with Gasteiger partial charge in [-0.2, -0.15) is 0 Å². The molecule has 2 aromatic rings. The number of para-hydroxylation sites is 1. The van der Waals surface area contributed by atoms with E-state index in [4.69, 9.17) is 11.6 Å². The van der Waals surface area contributed by atoms with Crippen LogP contribution in [-0.2, 0) is 6.42 Å². The van der Waals surface area contributed by atoms with Gasteiger partial charge in [0, 0.05) is 14.7 Å². The van der Waals surface area contributed by atoms with Crippen molar-refractivity contribution in [3.8, 4) is 0 Å². The Balaban J connectivity index is 2.91. The average molecular weight is 332 g/mol. The van der Waals surface area contributed by atoms with E-state index in [2.05, 4.69) is 40.6 Å². The van der Waals surface area contributed by atoms with E-state index >= 15 is 0 Å². The summed E-state index contributed by atoms with van der Waals surface area (Å²) in [6.45, 7) is 4.13. The minimum atomic E-state index is 0.860. The fourth-order valence-corrected chi connectivity index (χ4v) is 2.82. The van der Waals surface area contributed by atoms with E-state index in [1.165, 1.54) is 0 Å². The maximum atomic E-state index is 6.38. The summed E-state index contributed by atoms with van der Waals surface area (Å²) in [6.07, 6.45) is 0.930. The van der Waals surface area contributed by atoms with Crippen LogP contribution in [0.1, 0.15) is 18.2 Å². The second-order valence-corrected chi connectivity index (χ2v) is 5.02. The van der Waals surface area contributed by atoms with E-state index in [1.807, 2.05) is 19.1 Å². The summed E-state index contributed by atoms with van der Waals surface area (Å²) in [6, 6.07) is 6.11. The lowest BCUT2D eigenvalue weighted by Crippen LogP contribution is -1.95. The van der Waals surface area contributed by atoms with Crippen LogP contribution in [0.3, 0.4) is 0 Å². The zero-order chi connectivity index (χ0) is 11.0. The molecule has 0 fully saturated rings. The minimum absolute atomic E-state index is 0.860. The van der Waals surface area contributed by atoms with Crippen LogP contribution in [0.2, 0.25) is 5.02 Å². The van der Waals surface area contributed by atoms with Crippen LogP contribution in [0.5, 0.6) is 0 Å². The van der Waals surface area contributed by atoms with Crippen molar-refractivity contribution in [3.05, 3.63) is 38.0 Å². The lowest BCUT2D eigenvalue weighted by atomic mass is 10.1. The van der Waals surface area contributed by atoms with Crippen molar-refractivity contribution in [2.75, 3.05) is 0 Å². The van der Waals surface area contributed by atoms with Gasteiger partial charge in [0.25, 0.3) is 0 Å². The highest BCUT2D eigenvalue weighted by molar-refractivity contribution is 14.1. The smallest absolute Gasteiger partial charge is 0.0853 e. The van der Waals surface area contributed by atoms with Gasteiger partial charge in [-0.1, -0.05) is 30.7 Å². The maximum Gasteiger partial charge on any atom is 0.0853 e. The molecule has 0 spiro atoms. The molecule has 0 saturated heterocycles. The quantitative estimate of drug-likeness (QED) is 0.707. The van der Waals surface area contributed by atoms with E-state index in [-0.39, 0.29) is 0 Å². The average Bonchev–Trinajstić information content (AvgIpc) is 2.20. The summed E-state index contributed by atoms with van der Waals surface area (Å²) in [5, 5.41) is 1.92. The van der Waals surface area contributed by atoms with Crippen molar-refractivity contribution in [2.45, 2.75) is 20.3 Å². The Kier molecular flexibility index (Phi) is 3.16. The van der Waals surface area contributed by atoms with E-state index in [0.717, 1.165) is 37.2 Å². The predicted octanol–water partition coefficient (Wildman–Crippen LogP) is 4.36. The van der Waals surface area contributed by atoms with Crippen LogP contribution in [0.25, 0.3) is 10.9 Å². The van der Waals surface area contributed by atoms with Gasteiger partial charge in [0.1, 0.15) is 0 Å². The Morgan fingerprint density at radius 2 is 2.13 bits per heavy atom. The molecular formula is C12H11ClIN. The molecule has 3 heteroatoms. The molecule has 78 valence electrons. The zero-order valence-electron chi connectivity index (χ0n) is 8.64. The Morgan fingerprint density at radius 3 is 2.80 bits per heavy atom. The van der Waals surface area contributed by atoms with Gasteiger partial charge in [0.05, 0.1) is 10.5 Å². The molecule has 0 unspecified atom stereocenters. The molecule has 0 atom stereocenters.